The van der Waals surface area contributed by atoms with E-state index < -0.39 is 12.6 Å². The van der Waals surface area contributed by atoms with Gasteiger partial charge >= 0.3 is 6.18 Å². The third kappa shape index (κ3) is 9.98. The fourth-order valence-electron chi connectivity index (χ4n) is 1.28. The minimum absolute atomic E-state index is 0.0241. The van der Waals surface area contributed by atoms with Gasteiger partial charge in [0.25, 0.3) is 0 Å². The zero-order valence-electron chi connectivity index (χ0n) is 10.0. The van der Waals surface area contributed by atoms with Crippen LogP contribution in [0.3, 0.4) is 0 Å². The number of nitrogens with one attached hydrogen (secondary N) is 1. The molecule has 0 spiro atoms. The molecule has 16 heavy (non-hydrogen) atoms. The molecule has 0 aromatic heterocycles. The topological polar surface area (TPSA) is 15.3 Å². The SMILES string of the molecule is C=C(CNCCC)CN(C)CCC(F)(F)F. The summed E-state index contributed by atoms with van der Waals surface area (Å²) < 4.78 is 35.8. The summed E-state index contributed by atoms with van der Waals surface area (Å²) in [6.07, 6.45) is -3.80. The summed E-state index contributed by atoms with van der Waals surface area (Å²) in [5.74, 6) is 0. The van der Waals surface area contributed by atoms with Crippen LogP contribution in [0.5, 0.6) is 0 Å². The van der Waals surface area contributed by atoms with Crippen LogP contribution in [-0.4, -0.2) is 44.3 Å². The Morgan fingerprint density at radius 2 is 2.00 bits per heavy atom. The van der Waals surface area contributed by atoms with Crippen molar-refractivity contribution in [1.82, 2.24) is 10.2 Å². The average molecular weight is 238 g/mol. The predicted octanol–water partition coefficient (Wildman–Crippen LogP) is 2.43. The fourth-order valence-corrected chi connectivity index (χ4v) is 1.28. The Labute approximate surface area is 95.5 Å². The van der Waals surface area contributed by atoms with Gasteiger partial charge in [-0.1, -0.05) is 13.5 Å². The maximum Gasteiger partial charge on any atom is 0.390 e. The van der Waals surface area contributed by atoms with Crippen LogP contribution in [0.25, 0.3) is 0 Å². The number of alkyl halides is 3. The Bertz CT molecular complexity index is 202. The van der Waals surface area contributed by atoms with Crippen molar-refractivity contribution in [2.24, 2.45) is 0 Å². The lowest BCUT2D eigenvalue weighted by molar-refractivity contribution is -0.137. The maximum atomic E-state index is 11.9. The second-order valence-electron chi connectivity index (χ2n) is 4.03. The van der Waals surface area contributed by atoms with Crippen molar-refractivity contribution in [3.8, 4) is 0 Å². The molecule has 0 saturated heterocycles. The first-order valence-electron chi connectivity index (χ1n) is 5.48. The van der Waals surface area contributed by atoms with E-state index in [1.165, 1.54) is 0 Å². The third-order valence-electron chi connectivity index (χ3n) is 2.07. The molecule has 0 fully saturated rings. The summed E-state index contributed by atoms with van der Waals surface area (Å²) in [6, 6.07) is 0. The summed E-state index contributed by atoms with van der Waals surface area (Å²) in [5, 5.41) is 3.16. The number of rotatable bonds is 8. The van der Waals surface area contributed by atoms with Gasteiger partial charge < -0.3 is 10.2 Å². The molecule has 0 aliphatic carbocycles. The molecule has 0 radical (unpaired) electrons. The van der Waals surface area contributed by atoms with E-state index in [0.29, 0.717) is 13.1 Å². The lowest BCUT2D eigenvalue weighted by Gasteiger charge is -2.19. The zero-order valence-corrected chi connectivity index (χ0v) is 10.0. The highest BCUT2D eigenvalue weighted by atomic mass is 19.4. The van der Waals surface area contributed by atoms with Crippen molar-refractivity contribution in [2.45, 2.75) is 25.9 Å². The second kappa shape index (κ2) is 7.68. The van der Waals surface area contributed by atoms with Gasteiger partial charge in [0.05, 0.1) is 6.42 Å². The van der Waals surface area contributed by atoms with Gasteiger partial charge in [0.2, 0.25) is 0 Å². The van der Waals surface area contributed by atoms with Crippen LogP contribution >= 0.6 is 0 Å². The Morgan fingerprint density at radius 3 is 2.50 bits per heavy atom. The van der Waals surface area contributed by atoms with E-state index in [1.54, 1.807) is 11.9 Å². The minimum Gasteiger partial charge on any atom is -0.313 e. The lowest BCUT2D eigenvalue weighted by Crippen LogP contribution is -2.29. The van der Waals surface area contributed by atoms with Crippen LogP contribution in [0.15, 0.2) is 12.2 Å². The highest BCUT2D eigenvalue weighted by molar-refractivity contribution is 4.99. The van der Waals surface area contributed by atoms with E-state index in [0.717, 1.165) is 18.5 Å². The molecule has 0 heterocycles. The van der Waals surface area contributed by atoms with Crippen molar-refractivity contribution in [3.05, 3.63) is 12.2 Å². The lowest BCUT2D eigenvalue weighted by atomic mass is 10.2. The summed E-state index contributed by atoms with van der Waals surface area (Å²) in [5.41, 5.74) is 0.915. The first-order valence-corrected chi connectivity index (χ1v) is 5.48. The minimum atomic E-state index is -4.07. The van der Waals surface area contributed by atoms with E-state index in [4.69, 9.17) is 0 Å². The molecule has 0 amide bonds. The van der Waals surface area contributed by atoms with E-state index in [2.05, 4.69) is 18.8 Å². The van der Waals surface area contributed by atoms with Gasteiger partial charge in [-0.25, -0.2) is 0 Å². The van der Waals surface area contributed by atoms with Crippen molar-refractivity contribution in [1.29, 1.82) is 0 Å². The average Bonchev–Trinajstić information content (AvgIpc) is 2.14. The number of hydrogen-bond donors (Lipinski definition) is 1. The van der Waals surface area contributed by atoms with Crippen LogP contribution in [0, 0.1) is 0 Å². The van der Waals surface area contributed by atoms with Crippen molar-refractivity contribution in [3.63, 3.8) is 0 Å². The van der Waals surface area contributed by atoms with Crippen LogP contribution in [0.1, 0.15) is 19.8 Å². The normalized spacial score (nSPS) is 12.1. The summed E-state index contributed by atoms with van der Waals surface area (Å²) in [4.78, 5) is 1.64. The molecule has 0 aromatic carbocycles. The number of halogens is 3. The largest absolute Gasteiger partial charge is 0.390 e. The van der Waals surface area contributed by atoms with Crippen LogP contribution in [-0.2, 0) is 0 Å². The molecule has 0 atom stereocenters. The van der Waals surface area contributed by atoms with Gasteiger partial charge in [0, 0.05) is 19.6 Å². The van der Waals surface area contributed by atoms with Gasteiger partial charge in [-0.15, -0.1) is 0 Å². The number of hydrogen-bond acceptors (Lipinski definition) is 2. The molecule has 0 aliphatic rings. The Kier molecular flexibility index (Phi) is 7.42. The van der Waals surface area contributed by atoms with Crippen molar-refractivity contribution < 1.29 is 13.2 Å². The van der Waals surface area contributed by atoms with E-state index in [1.807, 2.05) is 0 Å². The van der Waals surface area contributed by atoms with Gasteiger partial charge in [-0.05, 0) is 25.6 Å². The molecule has 0 rings (SSSR count). The first-order chi connectivity index (χ1) is 7.35. The summed E-state index contributed by atoms with van der Waals surface area (Å²) in [7, 11) is 1.68. The Hall–Kier alpha value is -0.550. The Morgan fingerprint density at radius 1 is 1.38 bits per heavy atom. The fraction of sp³-hybridized carbons (Fsp3) is 0.818. The van der Waals surface area contributed by atoms with E-state index >= 15 is 0 Å². The second-order valence-corrected chi connectivity index (χ2v) is 4.03. The quantitative estimate of drug-likeness (QED) is 0.516. The van der Waals surface area contributed by atoms with Crippen molar-refractivity contribution in [2.75, 3.05) is 33.2 Å². The molecule has 0 unspecified atom stereocenters. The molecule has 0 aromatic rings. The number of nitrogens with zero attached hydrogens (tertiary/aromatic N) is 1. The highest BCUT2D eigenvalue weighted by Gasteiger charge is 2.26. The molecule has 0 saturated carbocycles. The molecular formula is C11H21F3N2. The Balaban J connectivity index is 3.62. The van der Waals surface area contributed by atoms with Gasteiger partial charge in [0.1, 0.15) is 0 Å². The van der Waals surface area contributed by atoms with Gasteiger partial charge in [0.15, 0.2) is 0 Å². The molecule has 5 heteroatoms. The summed E-state index contributed by atoms with van der Waals surface area (Å²) in [6.45, 7) is 8.00. The molecular weight excluding hydrogens is 217 g/mol. The third-order valence-corrected chi connectivity index (χ3v) is 2.07. The van der Waals surface area contributed by atoms with Crippen molar-refractivity contribution >= 4 is 0 Å². The van der Waals surface area contributed by atoms with Gasteiger partial charge in [-0.3, -0.25) is 0 Å². The first kappa shape index (κ1) is 15.4. The maximum absolute atomic E-state index is 11.9. The predicted molar refractivity (Wildman–Crippen MR) is 60.5 cm³/mol. The standard InChI is InChI=1S/C11H21F3N2/c1-4-6-15-8-10(2)9-16(3)7-5-11(12,13)14/h15H,2,4-9H2,1,3H3. The smallest absolute Gasteiger partial charge is 0.313 e. The van der Waals surface area contributed by atoms with Gasteiger partial charge in [-0.2, -0.15) is 13.2 Å². The van der Waals surface area contributed by atoms with E-state index in [-0.39, 0.29) is 6.54 Å². The van der Waals surface area contributed by atoms with Crippen LogP contribution in [0.2, 0.25) is 0 Å². The summed E-state index contributed by atoms with van der Waals surface area (Å²) >= 11 is 0. The monoisotopic (exact) mass is 238 g/mol. The number of likely N-dealkylation sites (N-methyl/N-ethyl adjacent to an activating group) is 1. The van der Waals surface area contributed by atoms with Crippen LogP contribution < -0.4 is 5.32 Å². The van der Waals surface area contributed by atoms with E-state index in [9.17, 15) is 13.2 Å². The van der Waals surface area contributed by atoms with Crippen LogP contribution in [0.4, 0.5) is 13.2 Å². The zero-order chi connectivity index (χ0) is 12.6. The molecule has 0 aliphatic heterocycles. The molecule has 0 bridgehead atoms. The highest BCUT2D eigenvalue weighted by Crippen LogP contribution is 2.19. The molecule has 2 nitrogen and oxygen atoms in total. The molecule has 96 valence electrons. The molecule has 1 N–H and O–H groups in total.